The van der Waals surface area contributed by atoms with Crippen LogP contribution in [-0.2, 0) is 17.9 Å². The predicted molar refractivity (Wildman–Crippen MR) is 119 cm³/mol. The zero-order valence-electron chi connectivity index (χ0n) is 16.2. The van der Waals surface area contributed by atoms with E-state index >= 15 is 0 Å². The maximum Gasteiger partial charge on any atom is 0.251 e. The summed E-state index contributed by atoms with van der Waals surface area (Å²) in [6.45, 7) is 7.85. The van der Waals surface area contributed by atoms with Crippen molar-refractivity contribution in [1.29, 1.82) is 0 Å². The summed E-state index contributed by atoms with van der Waals surface area (Å²) < 4.78 is 0. The Hall–Kier alpha value is -3.56. The van der Waals surface area contributed by atoms with Gasteiger partial charge in [-0.1, -0.05) is 54.6 Å². The summed E-state index contributed by atoms with van der Waals surface area (Å²) in [7, 11) is 0. The van der Waals surface area contributed by atoms with Crippen molar-refractivity contribution in [3.63, 3.8) is 0 Å². The van der Waals surface area contributed by atoms with Crippen molar-refractivity contribution in [3.05, 3.63) is 101 Å². The fourth-order valence-electron chi connectivity index (χ4n) is 3.26. The summed E-state index contributed by atoms with van der Waals surface area (Å²) in [5.74, 6) is 0.231. The van der Waals surface area contributed by atoms with E-state index in [4.69, 9.17) is 6.57 Å². The molecule has 1 N–H and O–H groups in total. The number of anilines is 1. The van der Waals surface area contributed by atoms with Crippen LogP contribution < -0.4 is 10.2 Å². The van der Waals surface area contributed by atoms with Crippen molar-refractivity contribution in [3.8, 4) is 0 Å². The molecule has 0 spiro atoms. The van der Waals surface area contributed by atoms with Crippen LogP contribution in [0.15, 0.2) is 77.7 Å². The summed E-state index contributed by atoms with van der Waals surface area (Å²) in [6, 6.07) is 22.5. The van der Waals surface area contributed by atoms with Crippen LogP contribution in [0, 0.1) is 6.57 Å². The van der Waals surface area contributed by atoms with Gasteiger partial charge in [-0.05, 0) is 29.3 Å². The molecule has 0 saturated heterocycles. The van der Waals surface area contributed by atoms with Crippen LogP contribution in [0.2, 0.25) is 0 Å². The number of carbonyl (C=O) groups is 2. The van der Waals surface area contributed by atoms with E-state index in [9.17, 15) is 9.59 Å². The van der Waals surface area contributed by atoms with Gasteiger partial charge in [0, 0.05) is 17.0 Å². The third kappa shape index (κ3) is 4.37. The highest BCUT2D eigenvalue weighted by Crippen LogP contribution is 2.36. The lowest BCUT2D eigenvalue weighted by Crippen LogP contribution is -2.35. The first-order valence-electron chi connectivity index (χ1n) is 9.50. The van der Waals surface area contributed by atoms with Crippen LogP contribution in [0.4, 0.5) is 11.4 Å². The van der Waals surface area contributed by atoms with E-state index in [-0.39, 0.29) is 11.8 Å². The van der Waals surface area contributed by atoms with Crippen molar-refractivity contribution < 1.29 is 9.59 Å². The zero-order valence-corrected chi connectivity index (χ0v) is 17.0. The molecule has 0 aliphatic carbocycles. The van der Waals surface area contributed by atoms with E-state index in [1.54, 1.807) is 29.2 Å². The third-order valence-corrected chi connectivity index (χ3v) is 5.91. The van der Waals surface area contributed by atoms with Crippen molar-refractivity contribution in [2.24, 2.45) is 0 Å². The minimum absolute atomic E-state index is 0.0359. The normalized spacial score (nSPS) is 12.8. The number of carbonyl (C=O) groups excluding carboxylic acids is 2. The van der Waals surface area contributed by atoms with Crippen molar-refractivity contribution in [2.45, 2.75) is 18.0 Å². The molecular weight excluding hydrogens is 394 g/mol. The molecule has 1 heterocycles. The van der Waals surface area contributed by atoms with Crippen molar-refractivity contribution >= 4 is 35.0 Å². The van der Waals surface area contributed by atoms with Crippen molar-refractivity contribution in [2.75, 3.05) is 10.7 Å². The van der Waals surface area contributed by atoms with Crippen LogP contribution >= 0.6 is 11.8 Å². The van der Waals surface area contributed by atoms with Gasteiger partial charge in [-0.25, -0.2) is 4.85 Å². The molecule has 0 fully saturated rings. The molecule has 4 rings (SSSR count). The molecule has 6 heteroatoms. The van der Waals surface area contributed by atoms with Gasteiger partial charge in [0.25, 0.3) is 5.91 Å². The molecule has 2 amide bonds. The number of nitrogens with zero attached hydrogens (tertiary/aromatic N) is 2. The van der Waals surface area contributed by atoms with Gasteiger partial charge in [-0.2, -0.15) is 0 Å². The first-order valence-corrected chi connectivity index (χ1v) is 10.5. The Bertz CT molecular complexity index is 1120. The van der Waals surface area contributed by atoms with Gasteiger partial charge in [-0.15, -0.1) is 11.8 Å². The largest absolute Gasteiger partial charge is 0.348 e. The molecule has 0 unspecified atom stereocenters. The molecule has 0 bridgehead atoms. The molecule has 148 valence electrons. The number of hydrogen-bond donors (Lipinski definition) is 1. The molecule has 3 aromatic carbocycles. The molecule has 0 atom stereocenters. The van der Waals surface area contributed by atoms with Gasteiger partial charge in [0.2, 0.25) is 5.91 Å². The van der Waals surface area contributed by atoms with Gasteiger partial charge in [-0.3, -0.25) is 9.59 Å². The van der Waals surface area contributed by atoms with Crippen molar-refractivity contribution in [1.82, 2.24) is 5.32 Å². The van der Waals surface area contributed by atoms with Crippen LogP contribution in [0.25, 0.3) is 4.85 Å². The number of amides is 2. The standard InChI is InChI=1S/C24H19N3O2S/c1-25-20-10-7-17(8-11-20)14-26-24(29)19-9-12-22-21(13-19)27(23(28)16-30-22)15-18-5-3-2-4-6-18/h2-13H,14-16H2,(H,26,29). The highest BCUT2D eigenvalue weighted by molar-refractivity contribution is 8.00. The SMILES string of the molecule is [C-]#[N+]c1ccc(CNC(=O)c2ccc3c(c2)N(Cc2ccccc2)C(=O)CS3)cc1. The second-order valence-corrected chi connectivity index (χ2v) is 7.91. The van der Waals surface area contributed by atoms with Gasteiger partial charge in [0.1, 0.15) is 0 Å². The Morgan fingerprint density at radius 2 is 1.80 bits per heavy atom. The first-order chi connectivity index (χ1) is 14.6. The quantitative estimate of drug-likeness (QED) is 0.611. The number of thioether (sulfide) groups is 1. The monoisotopic (exact) mass is 413 g/mol. The van der Waals surface area contributed by atoms with Crippen LogP contribution in [0.1, 0.15) is 21.5 Å². The maximum absolute atomic E-state index is 12.7. The third-order valence-electron chi connectivity index (χ3n) is 4.87. The Morgan fingerprint density at radius 1 is 1.03 bits per heavy atom. The lowest BCUT2D eigenvalue weighted by atomic mass is 10.1. The molecule has 30 heavy (non-hydrogen) atoms. The van der Waals surface area contributed by atoms with Gasteiger partial charge in [0.05, 0.1) is 24.6 Å². The van der Waals surface area contributed by atoms with Gasteiger partial charge >= 0.3 is 0 Å². The minimum atomic E-state index is -0.199. The second-order valence-electron chi connectivity index (χ2n) is 6.90. The Balaban J connectivity index is 1.52. The summed E-state index contributed by atoms with van der Waals surface area (Å²) in [4.78, 5) is 31.4. The highest BCUT2D eigenvalue weighted by Gasteiger charge is 2.26. The van der Waals surface area contributed by atoms with E-state index in [0.29, 0.717) is 30.1 Å². The maximum atomic E-state index is 12.7. The number of rotatable bonds is 5. The van der Waals surface area contributed by atoms with Crippen LogP contribution in [0.5, 0.6) is 0 Å². The van der Waals surface area contributed by atoms with Crippen LogP contribution in [0.3, 0.4) is 0 Å². The number of fused-ring (bicyclic) bond motifs is 1. The lowest BCUT2D eigenvalue weighted by molar-refractivity contribution is -0.116. The molecule has 0 saturated carbocycles. The molecule has 1 aliphatic rings. The first kappa shape index (κ1) is 19.7. The average molecular weight is 414 g/mol. The number of benzene rings is 3. The molecule has 0 aromatic heterocycles. The summed E-state index contributed by atoms with van der Waals surface area (Å²) in [5, 5.41) is 2.91. The van der Waals surface area contributed by atoms with E-state index in [0.717, 1.165) is 21.7 Å². The van der Waals surface area contributed by atoms with E-state index < -0.39 is 0 Å². The predicted octanol–water partition coefficient (Wildman–Crippen LogP) is 4.81. The van der Waals surface area contributed by atoms with Gasteiger partial charge in [0.15, 0.2) is 5.69 Å². The Kier molecular flexibility index (Phi) is 5.82. The second kappa shape index (κ2) is 8.85. The smallest absolute Gasteiger partial charge is 0.251 e. The van der Waals surface area contributed by atoms with Crippen LogP contribution in [-0.4, -0.2) is 17.6 Å². The molecule has 5 nitrogen and oxygen atoms in total. The molecule has 3 aromatic rings. The summed E-state index contributed by atoms with van der Waals surface area (Å²) in [5.41, 5.74) is 3.82. The zero-order chi connectivity index (χ0) is 20.9. The topological polar surface area (TPSA) is 53.8 Å². The Labute approximate surface area is 179 Å². The Morgan fingerprint density at radius 3 is 2.53 bits per heavy atom. The van der Waals surface area contributed by atoms with E-state index in [2.05, 4.69) is 10.2 Å². The van der Waals surface area contributed by atoms with E-state index in [1.165, 1.54) is 11.8 Å². The fourth-order valence-corrected chi connectivity index (χ4v) is 4.17. The summed E-state index contributed by atoms with van der Waals surface area (Å²) >= 11 is 1.50. The molecule has 0 radical (unpaired) electrons. The minimum Gasteiger partial charge on any atom is -0.348 e. The summed E-state index contributed by atoms with van der Waals surface area (Å²) in [6.07, 6.45) is 0. The average Bonchev–Trinajstić information content (AvgIpc) is 2.80. The molecular formula is C24H19N3O2S. The highest BCUT2D eigenvalue weighted by atomic mass is 32.2. The van der Waals surface area contributed by atoms with Gasteiger partial charge < -0.3 is 10.2 Å². The molecule has 1 aliphatic heterocycles. The number of nitrogens with one attached hydrogen (secondary N) is 1. The lowest BCUT2D eigenvalue weighted by Gasteiger charge is -2.29. The fraction of sp³-hybridized carbons (Fsp3) is 0.125. The van der Waals surface area contributed by atoms with E-state index in [1.807, 2.05) is 48.5 Å². The number of hydrogen-bond acceptors (Lipinski definition) is 3.